The van der Waals surface area contributed by atoms with Crippen molar-refractivity contribution in [3.63, 3.8) is 0 Å². The van der Waals surface area contributed by atoms with Crippen LogP contribution in [0.4, 0.5) is 9.59 Å². The van der Waals surface area contributed by atoms with Crippen LogP contribution in [-0.2, 0) is 14.3 Å². The van der Waals surface area contributed by atoms with Gasteiger partial charge in [-0.3, -0.25) is 4.90 Å². The normalized spacial score (nSPS) is 19.6. The number of carbonyl (C=O) groups excluding carboxylic acids is 3. The smallest absolute Gasteiger partial charge is 0.410 e. The Kier molecular flexibility index (Phi) is 7.63. The van der Waals surface area contributed by atoms with Crippen molar-refractivity contribution in [3.05, 3.63) is 46.7 Å². The number of amides is 3. The second-order valence-electron chi connectivity index (χ2n) is 9.30. The molecule has 0 radical (unpaired) electrons. The highest BCUT2D eigenvalue weighted by molar-refractivity contribution is 5.95. The van der Waals surface area contributed by atoms with E-state index < -0.39 is 17.6 Å². The lowest BCUT2D eigenvalue weighted by atomic mass is 9.94. The predicted octanol–water partition coefficient (Wildman–Crippen LogP) is 2.72. The topological polar surface area (TPSA) is 100 Å². The van der Waals surface area contributed by atoms with Crippen molar-refractivity contribution >= 4 is 18.1 Å². The van der Waals surface area contributed by atoms with Crippen LogP contribution in [0.5, 0.6) is 0 Å². The van der Waals surface area contributed by atoms with E-state index in [0.29, 0.717) is 44.0 Å². The molecule has 1 fully saturated rings. The number of urea groups is 1. The first kappa shape index (κ1) is 24.6. The third-order valence-corrected chi connectivity index (χ3v) is 5.47. The third kappa shape index (κ3) is 6.47. The van der Waals surface area contributed by atoms with Crippen molar-refractivity contribution in [1.82, 2.24) is 20.4 Å². The summed E-state index contributed by atoms with van der Waals surface area (Å²) < 4.78 is 10.8. The van der Waals surface area contributed by atoms with Crippen LogP contribution in [0, 0.1) is 6.92 Å². The Balaban J connectivity index is 1.79. The van der Waals surface area contributed by atoms with Crippen molar-refractivity contribution in [3.8, 4) is 0 Å². The Morgan fingerprint density at radius 1 is 1.09 bits per heavy atom. The molecule has 1 saturated heterocycles. The number of esters is 1. The maximum Gasteiger partial charge on any atom is 0.410 e. The molecule has 0 saturated carbocycles. The van der Waals surface area contributed by atoms with E-state index in [4.69, 9.17) is 9.47 Å². The first-order valence-electron chi connectivity index (χ1n) is 11.3. The highest BCUT2D eigenvalue weighted by Gasteiger charge is 2.35. The number of ether oxygens (including phenoxy) is 2. The van der Waals surface area contributed by atoms with Crippen LogP contribution >= 0.6 is 0 Å². The Bertz CT molecular complexity index is 912. The zero-order chi connectivity index (χ0) is 24.2. The van der Waals surface area contributed by atoms with Crippen molar-refractivity contribution in [2.75, 3.05) is 39.3 Å². The van der Waals surface area contributed by atoms with E-state index in [9.17, 15) is 14.4 Å². The van der Waals surface area contributed by atoms with Crippen molar-refractivity contribution in [2.24, 2.45) is 0 Å². The fraction of sp³-hybridized carbons (Fsp3) is 0.542. The molecule has 1 aromatic rings. The minimum Gasteiger partial charge on any atom is -0.463 e. The van der Waals surface area contributed by atoms with Gasteiger partial charge in [-0.05, 0) is 40.2 Å². The highest BCUT2D eigenvalue weighted by Crippen LogP contribution is 2.28. The van der Waals surface area contributed by atoms with Crippen LogP contribution in [0.1, 0.15) is 44.9 Å². The van der Waals surface area contributed by atoms with Crippen molar-refractivity contribution in [2.45, 2.75) is 46.3 Å². The number of piperazine rings is 1. The van der Waals surface area contributed by atoms with Gasteiger partial charge in [-0.15, -0.1) is 0 Å². The summed E-state index contributed by atoms with van der Waals surface area (Å²) in [7, 11) is 0. The molecule has 180 valence electrons. The zero-order valence-corrected chi connectivity index (χ0v) is 20.1. The minimum atomic E-state index is -0.601. The largest absolute Gasteiger partial charge is 0.463 e. The molecule has 3 rings (SSSR count). The maximum atomic E-state index is 12.9. The molecule has 1 aromatic carbocycles. The first-order valence-corrected chi connectivity index (χ1v) is 11.3. The van der Waals surface area contributed by atoms with Gasteiger partial charge in [0.15, 0.2) is 0 Å². The lowest BCUT2D eigenvalue weighted by Crippen LogP contribution is -2.53. The molecule has 2 aliphatic heterocycles. The van der Waals surface area contributed by atoms with E-state index in [-0.39, 0.29) is 18.7 Å². The van der Waals surface area contributed by atoms with Gasteiger partial charge in [-0.1, -0.05) is 29.8 Å². The lowest BCUT2D eigenvalue weighted by Gasteiger charge is -2.37. The van der Waals surface area contributed by atoms with E-state index in [1.807, 2.05) is 52.0 Å². The Morgan fingerprint density at radius 2 is 1.73 bits per heavy atom. The number of nitrogens with zero attached hydrogens (tertiary/aromatic N) is 2. The van der Waals surface area contributed by atoms with Crippen molar-refractivity contribution in [1.29, 1.82) is 0 Å². The van der Waals surface area contributed by atoms with Gasteiger partial charge in [-0.2, -0.15) is 0 Å². The molecule has 9 heteroatoms. The maximum absolute atomic E-state index is 12.9. The molecule has 0 unspecified atom stereocenters. The molecule has 2 heterocycles. The summed E-state index contributed by atoms with van der Waals surface area (Å²) in [4.78, 5) is 41.5. The summed E-state index contributed by atoms with van der Waals surface area (Å²) in [5.41, 5.74) is 2.27. The van der Waals surface area contributed by atoms with Gasteiger partial charge in [0.1, 0.15) is 5.60 Å². The number of aryl methyl sites for hydroxylation is 1. The van der Waals surface area contributed by atoms with Crippen LogP contribution < -0.4 is 10.6 Å². The van der Waals surface area contributed by atoms with E-state index >= 15 is 0 Å². The third-order valence-electron chi connectivity index (χ3n) is 5.47. The molecule has 0 spiro atoms. The fourth-order valence-electron chi connectivity index (χ4n) is 3.84. The summed E-state index contributed by atoms with van der Waals surface area (Å²) in [6.45, 7) is 12.1. The number of benzene rings is 1. The minimum absolute atomic E-state index is 0.235. The number of rotatable bonds is 5. The van der Waals surface area contributed by atoms with Crippen LogP contribution in [-0.4, -0.2) is 72.8 Å². The monoisotopic (exact) mass is 458 g/mol. The van der Waals surface area contributed by atoms with E-state index in [2.05, 4.69) is 15.5 Å². The van der Waals surface area contributed by atoms with Gasteiger partial charge in [0.05, 0.1) is 18.2 Å². The standard InChI is InChI=1S/C24H34N4O5/c1-6-32-21(29)19-18(25-22(30)26-20(19)17-9-7-16(2)8-10-17)15-27-11-13-28(14-12-27)23(31)33-24(3,4)5/h7-10,20H,6,11-15H2,1-5H3,(H2,25,26,30)/t20-/m1/s1. The summed E-state index contributed by atoms with van der Waals surface area (Å²) in [6, 6.07) is 6.74. The Morgan fingerprint density at radius 3 is 2.30 bits per heavy atom. The molecule has 3 amide bonds. The average Bonchev–Trinajstić information content (AvgIpc) is 2.73. The van der Waals surface area contributed by atoms with Crippen LogP contribution in [0.2, 0.25) is 0 Å². The summed E-state index contributed by atoms with van der Waals surface area (Å²) in [5, 5.41) is 5.67. The molecule has 0 aromatic heterocycles. The number of nitrogens with one attached hydrogen (secondary N) is 2. The van der Waals surface area contributed by atoms with E-state index in [1.54, 1.807) is 11.8 Å². The number of hydrogen-bond acceptors (Lipinski definition) is 6. The molecular weight excluding hydrogens is 424 g/mol. The quantitative estimate of drug-likeness (QED) is 0.658. The van der Waals surface area contributed by atoms with E-state index in [1.165, 1.54) is 0 Å². The number of hydrogen-bond donors (Lipinski definition) is 2. The Labute approximate surface area is 195 Å². The van der Waals surface area contributed by atoms with Gasteiger partial charge in [0.2, 0.25) is 0 Å². The van der Waals surface area contributed by atoms with Gasteiger partial charge in [0.25, 0.3) is 0 Å². The van der Waals surface area contributed by atoms with E-state index in [0.717, 1.165) is 11.1 Å². The summed E-state index contributed by atoms with van der Waals surface area (Å²) >= 11 is 0. The van der Waals surface area contributed by atoms with Crippen LogP contribution in [0.3, 0.4) is 0 Å². The Hall–Kier alpha value is -3.07. The SMILES string of the molecule is CCOC(=O)C1=C(CN2CCN(C(=O)OC(C)(C)C)CC2)NC(=O)N[C@@H]1c1ccc(C)cc1. The van der Waals surface area contributed by atoms with Gasteiger partial charge in [0, 0.05) is 38.4 Å². The van der Waals surface area contributed by atoms with Gasteiger partial charge >= 0.3 is 18.1 Å². The molecule has 9 nitrogen and oxygen atoms in total. The second kappa shape index (κ2) is 10.2. The fourth-order valence-corrected chi connectivity index (χ4v) is 3.84. The van der Waals surface area contributed by atoms with Crippen LogP contribution in [0.25, 0.3) is 0 Å². The average molecular weight is 459 g/mol. The van der Waals surface area contributed by atoms with Gasteiger partial charge < -0.3 is 25.0 Å². The van der Waals surface area contributed by atoms with Gasteiger partial charge in [-0.25, -0.2) is 14.4 Å². The second-order valence-corrected chi connectivity index (χ2v) is 9.30. The molecule has 0 bridgehead atoms. The molecule has 2 N–H and O–H groups in total. The molecule has 1 atom stereocenters. The molecule has 33 heavy (non-hydrogen) atoms. The first-order chi connectivity index (χ1) is 15.6. The van der Waals surface area contributed by atoms with Crippen molar-refractivity contribution < 1.29 is 23.9 Å². The van der Waals surface area contributed by atoms with Crippen LogP contribution in [0.15, 0.2) is 35.5 Å². The number of carbonyl (C=O) groups is 3. The molecule has 0 aliphatic carbocycles. The lowest BCUT2D eigenvalue weighted by molar-refractivity contribution is -0.139. The summed E-state index contributed by atoms with van der Waals surface area (Å²) in [6.07, 6.45) is -0.330. The zero-order valence-electron chi connectivity index (χ0n) is 20.1. The molecular formula is C24H34N4O5. The molecule has 2 aliphatic rings. The highest BCUT2D eigenvalue weighted by atomic mass is 16.6. The summed E-state index contributed by atoms with van der Waals surface area (Å²) in [5.74, 6) is -0.460. The predicted molar refractivity (Wildman–Crippen MR) is 123 cm³/mol.